The van der Waals surface area contributed by atoms with Crippen LogP contribution in [0, 0.1) is 0 Å². The Morgan fingerprint density at radius 2 is 2.11 bits per heavy atom. The Morgan fingerprint density at radius 3 is 2.85 bits per heavy atom. The van der Waals surface area contributed by atoms with Gasteiger partial charge in [-0.3, -0.25) is 4.21 Å². The van der Waals surface area contributed by atoms with Crippen LogP contribution < -0.4 is 10.6 Å². The number of nitrogens with zero attached hydrogens (tertiary/aromatic N) is 1. The van der Waals surface area contributed by atoms with Gasteiger partial charge >= 0.3 is 0 Å². The van der Waals surface area contributed by atoms with E-state index < -0.39 is 10.8 Å². The second kappa shape index (κ2) is 11.0. The average Bonchev–Trinajstić information content (AvgIpc) is 3.09. The smallest absolute Gasteiger partial charge is 0.191 e. The molecular weight excluding hydrogens is 473 g/mol. The highest BCUT2D eigenvalue weighted by molar-refractivity contribution is 14.0. The molecule has 150 valence electrons. The molecule has 1 aromatic heterocycles. The fourth-order valence-electron chi connectivity index (χ4n) is 3.54. The third-order valence-corrected chi connectivity index (χ3v) is 6.58. The lowest BCUT2D eigenvalue weighted by atomic mass is 9.95. The second-order valence-electron chi connectivity index (χ2n) is 6.74. The van der Waals surface area contributed by atoms with Gasteiger partial charge in [-0.2, -0.15) is 0 Å². The molecule has 3 rings (SSSR count). The summed E-state index contributed by atoms with van der Waals surface area (Å²) in [4.78, 5) is 4.69. The van der Waals surface area contributed by atoms with Gasteiger partial charge in [0.1, 0.15) is 17.9 Å². The Hall–Kier alpha value is -1.09. The third kappa shape index (κ3) is 6.20. The number of benzene rings is 1. The molecule has 27 heavy (non-hydrogen) atoms. The summed E-state index contributed by atoms with van der Waals surface area (Å²) in [7, 11) is -0.711. The van der Waals surface area contributed by atoms with E-state index in [9.17, 15) is 4.21 Å². The number of fused-ring (bicyclic) bond motifs is 1. The maximum absolute atomic E-state index is 12.1. The van der Waals surface area contributed by atoms with Crippen LogP contribution in [0.25, 0.3) is 11.0 Å². The Labute approximate surface area is 181 Å². The minimum atomic E-state index is -0.711. The van der Waals surface area contributed by atoms with Gasteiger partial charge in [0.15, 0.2) is 5.96 Å². The zero-order valence-corrected chi connectivity index (χ0v) is 19.2. The Bertz CT molecular complexity index is 744. The molecule has 2 aromatic rings. The van der Waals surface area contributed by atoms with Crippen LogP contribution in [0.4, 0.5) is 0 Å². The lowest BCUT2D eigenvalue weighted by molar-refractivity contribution is 0.413. The van der Waals surface area contributed by atoms with Crippen molar-refractivity contribution in [1.82, 2.24) is 10.6 Å². The van der Waals surface area contributed by atoms with Crippen molar-refractivity contribution >= 4 is 51.7 Å². The molecule has 2 N–H and O–H groups in total. The van der Waals surface area contributed by atoms with Gasteiger partial charge in [-0.25, -0.2) is 4.99 Å². The number of rotatable bonds is 6. The summed E-state index contributed by atoms with van der Waals surface area (Å²) in [6, 6.07) is 10.4. The van der Waals surface area contributed by atoms with E-state index in [2.05, 4.69) is 22.5 Å². The predicted octanol–water partition coefficient (Wildman–Crippen LogP) is 4.19. The van der Waals surface area contributed by atoms with Crippen LogP contribution in [-0.4, -0.2) is 33.8 Å². The molecule has 3 atom stereocenters. The van der Waals surface area contributed by atoms with E-state index in [0.717, 1.165) is 60.7 Å². The molecule has 3 unspecified atom stereocenters. The highest BCUT2D eigenvalue weighted by atomic mass is 127. The quantitative estimate of drug-likeness (QED) is 0.353. The van der Waals surface area contributed by atoms with Crippen molar-refractivity contribution in [2.45, 2.75) is 57.4 Å². The Kier molecular flexibility index (Phi) is 9.08. The van der Waals surface area contributed by atoms with Crippen LogP contribution in [0.3, 0.4) is 0 Å². The lowest BCUT2D eigenvalue weighted by Gasteiger charge is -2.30. The molecule has 0 saturated heterocycles. The first-order valence-corrected chi connectivity index (χ1v) is 11.0. The zero-order valence-electron chi connectivity index (χ0n) is 16.1. The van der Waals surface area contributed by atoms with Crippen LogP contribution in [0.5, 0.6) is 0 Å². The Morgan fingerprint density at radius 1 is 1.30 bits per heavy atom. The number of nitrogens with one attached hydrogen (secondary N) is 2. The van der Waals surface area contributed by atoms with Crippen LogP contribution in [0.2, 0.25) is 0 Å². The first kappa shape index (κ1) is 22.2. The summed E-state index contributed by atoms with van der Waals surface area (Å²) in [5.74, 6) is 2.41. The molecule has 0 spiro atoms. The molecule has 1 saturated carbocycles. The standard InChI is InChI=1S/C20H29N3O2S.HI/c1-3-21-20(23-16-9-7-10-18(13-16)26(24)4-2)22-14-17-12-15-8-5-6-11-19(15)25-17;/h5-6,8,11-12,16,18H,3-4,7,9-10,13-14H2,1-2H3,(H2,21,22,23);1H. The minimum absolute atomic E-state index is 0. The molecular formula is C20H30IN3O2S. The van der Waals surface area contributed by atoms with Gasteiger partial charge < -0.3 is 15.1 Å². The molecule has 1 heterocycles. The van der Waals surface area contributed by atoms with Gasteiger partial charge in [-0.1, -0.05) is 31.5 Å². The molecule has 1 aliphatic carbocycles. The van der Waals surface area contributed by atoms with E-state index in [1.54, 1.807) is 0 Å². The van der Waals surface area contributed by atoms with Crippen molar-refractivity contribution in [3.05, 3.63) is 36.1 Å². The first-order valence-electron chi connectivity index (χ1n) is 9.59. The topological polar surface area (TPSA) is 66.6 Å². The summed E-state index contributed by atoms with van der Waals surface area (Å²) in [5, 5.41) is 8.26. The SMILES string of the molecule is CCNC(=NCc1cc2ccccc2o1)NC1CCCC(S(=O)CC)C1.I. The van der Waals surface area contributed by atoms with E-state index in [-0.39, 0.29) is 24.0 Å². The summed E-state index contributed by atoms with van der Waals surface area (Å²) >= 11 is 0. The normalized spacial score (nSPS) is 21.5. The van der Waals surface area contributed by atoms with Crippen LogP contribution in [0.15, 0.2) is 39.7 Å². The summed E-state index contributed by atoms with van der Waals surface area (Å²) in [5.41, 5.74) is 0.896. The van der Waals surface area contributed by atoms with Crippen LogP contribution in [-0.2, 0) is 17.3 Å². The predicted molar refractivity (Wildman–Crippen MR) is 124 cm³/mol. The molecule has 7 heteroatoms. The fourth-order valence-corrected chi connectivity index (χ4v) is 4.88. The molecule has 1 aliphatic rings. The summed E-state index contributed by atoms with van der Waals surface area (Å²) in [6.45, 7) is 5.38. The number of guanidine groups is 1. The molecule has 1 aromatic carbocycles. The minimum Gasteiger partial charge on any atom is -0.459 e. The van der Waals surface area contributed by atoms with Crippen molar-refractivity contribution in [2.75, 3.05) is 12.3 Å². The Balaban J connectivity index is 0.00000261. The highest BCUT2D eigenvalue weighted by Crippen LogP contribution is 2.23. The van der Waals surface area contributed by atoms with Crippen molar-refractivity contribution in [3.8, 4) is 0 Å². The molecule has 0 bridgehead atoms. The number of para-hydroxylation sites is 1. The monoisotopic (exact) mass is 503 g/mol. The maximum Gasteiger partial charge on any atom is 0.191 e. The number of aliphatic imine (C=N–C) groups is 1. The van der Waals surface area contributed by atoms with Crippen molar-refractivity contribution in [2.24, 2.45) is 4.99 Å². The van der Waals surface area contributed by atoms with Crippen molar-refractivity contribution < 1.29 is 8.63 Å². The molecule has 5 nitrogen and oxygen atoms in total. The number of furan rings is 1. The van der Waals surface area contributed by atoms with E-state index in [0.29, 0.717) is 17.8 Å². The van der Waals surface area contributed by atoms with Gasteiger partial charge in [-0.15, -0.1) is 24.0 Å². The van der Waals surface area contributed by atoms with E-state index in [1.807, 2.05) is 37.3 Å². The summed E-state index contributed by atoms with van der Waals surface area (Å²) in [6.07, 6.45) is 4.25. The van der Waals surface area contributed by atoms with Gasteiger partial charge in [0.2, 0.25) is 0 Å². The van der Waals surface area contributed by atoms with Crippen molar-refractivity contribution in [1.29, 1.82) is 0 Å². The second-order valence-corrected chi connectivity index (χ2v) is 8.75. The molecule has 0 aliphatic heterocycles. The van der Waals surface area contributed by atoms with Gasteiger partial charge in [0, 0.05) is 39.8 Å². The molecule has 0 radical (unpaired) electrons. The largest absolute Gasteiger partial charge is 0.459 e. The van der Waals surface area contributed by atoms with Crippen LogP contribution >= 0.6 is 24.0 Å². The zero-order chi connectivity index (χ0) is 18.4. The van der Waals surface area contributed by atoms with Gasteiger partial charge in [0.25, 0.3) is 0 Å². The van der Waals surface area contributed by atoms with Gasteiger partial charge in [-0.05, 0) is 38.3 Å². The number of halogens is 1. The highest BCUT2D eigenvalue weighted by Gasteiger charge is 2.26. The average molecular weight is 503 g/mol. The fraction of sp³-hybridized carbons (Fsp3) is 0.550. The lowest BCUT2D eigenvalue weighted by Crippen LogP contribution is -2.46. The molecule has 0 amide bonds. The summed E-state index contributed by atoms with van der Waals surface area (Å²) < 4.78 is 18.0. The third-order valence-electron chi connectivity index (χ3n) is 4.84. The first-order chi connectivity index (χ1) is 12.7. The van der Waals surface area contributed by atoms with E-state index >= 15 is 0 Å². The maximum atomic E-state index is 12.1. The van der Waals surface area contributed by atoms with Crippen LogP contribution in [0.1, 0.15) is 45.3 Å². The number of hydrogen-bond acceptors (Lipinski definition) is 3. The van der Waals surface area contributed by atoms with Crippen molar-refractivity contribution in [3.63, 3.8) is 0 Å². The van der Waals surface area contributed by atoms with E-state index in [1.165, 1.54) is 0 Å². The molecule has 1 fully saturated rings. The van der Waals surface area contributed by atoms with E-state index in [4.69, 9.17) is 4.42 Å². The number of hydrogen-bond donors (Lipinski definition) is 2. The van der Waals surface area contributed by atoms with Gasteiger partial charge in [0.05, 0.1) is 0 Å².